The van der Waals surface area contributed by atoms with Crippen molar-refractivity contribution in [2.45, 2.75) is 40.7 Å². The first kappa shape index (κ1) is 14.5. The summed E-state index contributed by atoms with van der Waals surface area (Å²) >= 11 is 5.04. The predicted molar refractivity (Wildman–Crippen MR) is 71.9 cm³/mol. The molecule has 0 aliphatic heterocycles. The number of amides is 1. The summed E-state index contributed by atoms with van der Waals surface area (Å²) < 4.78 is 1.59. The molecule has 0 bridgehead atoms. The third kappa shape index (κ3) is 4.02. The number of carbonyl (C=O) groups is 1. The Morgan fingerprint density at radius 1 is 1.44 bits per heavy atom. The fraction of sp³-hybridized carbons (Fsp3) is 0.700. The number of thiocarbonyl (C=S) groups is 1. The van der Waals surface area contributed by atoms with Crippen LogP contribution in [-0.2, 0) is 11.3 Å². The summed E-state index contributed by atoms with van der Waals surface area (Å²) in [4.78, 5) is 11.7. The van der Waals surface area contributed by atoms with Crippen molar-refractivity contribution in [2.75, 3.05) is 5.32 Å². The van der Waals surface area contributed by atoms with Crippen LogP contribution in [0.1, 0.15) is 34.1 Å². The molecule has 0 unspecified atom stereocenters. The second-order valence-electron chi connectivity index (χ2n) is 4.88. The van der Waals surface area contributed by atoms with Gasteiger partial charge in [0.2, 0.25) is 11.9 Å². The second-order valence-corrected chi connectivity index (χ2v) is 5.29. The van der Waals surface area contributed by atoms with E-state index in [2.05, 4.69) is 26.2 Å². The van der Waals surface area contributed by atoms with Crippen LogP contribution in [0, 0.1) is 5.41 Å². The van der Waals surface area contributed by atoms with Gasteiger partial charge in [-0.05, 0) is 29.1 Å². The molecule has 8 heteroatoms. The molecule has 0 spiro atoms. The quantitative estimate of drug-likeness (QED) is 0.795. The number of hydrogen-bond donors (Lipinski definition) is 2. The third-order valence-electron chi connectivity index (χ3n) is 2.10. The fourth-order valence-electron chi connectivity index (χ4n) is 1.08. The van der Waals surface area contributed by atoms with Crippen molar-refractivity contribution in [1.29, 1.82) is 0 Å². The Labute approximate surface area is 111 Å². The lowest BCUT2D eigenvalue weighted by molar-refractivity contribution is -0.126. The van der Waals surface area contributed by atoms with Crippen LogP contribution in [0.2, 0.25) is 0 Å². The van der Waals surface area contributed by atoms with Crippen molar-refractivity contribution in [2.24, 2.45) is 5.41 Å². The van der Waals surface area contributed by atoms with E-state index in [0.717, 1.165) is 6.42 Å². The van der Waals surface area contributed by atoms with Gasteiger partial charge in [-0.3, -0.25) is 10.1 Å². The Morgan fingerprint density at radius 2 is 2.11 bits per heavy atom. The summed E-state index contributed by atoms with van der Waals surface area (Å²) in [6.45, 7) is 8.14. The molecular weight excluding hydrogens is 252 g/mol. The number of hydrogen-bond acceptors (Lipinski definition) is 5. The zero-order valence-corrected chi connectivity index (χ0v) is 11.8. The highest BCUT2D eigenvalue weighted by Gasteiger charge is 2.22. The highest BCUT2D eigenvalue weighted by Crippen LogP contribution is 2.12. The SMILES string of the molecule is CCCn1nnnc1NC(=S)NC(=O)C(C)(C)C. The second kappa shape index (κ2) is 5.85. The van der Waals surface area contributed by atoms with Gasteiger partial charge < -0.3 is 5.32 Å². The topological polar surface area (TPSA) is 84.7 Å². The fourth-order valence-corrected chi connectivity index (χ4v) is 1.26. The predicted octanol–water partition coefficient (Wildman–Crippen LogP) is 0.942. The van der Waals surface area contributed by atoms with Gasteiger partial charge in [0.25, 0.3) is 0 Å². The van der Waals surface area contributed by atoms with Gasteiger partial charge in [-0.15, -0.1) is 0 Å². The average Bonchev–Trinajstić information content (AvgIpc) is 2.64. The molecule has 0 aliphatic rings. The van der Waals surface area contributed by atoms with E-state index in [1.54, 1.807) is 4.68 Å². The standard InChI is InChI=1S/C10H18N6OS/c1-5-6-16-8(13-14-15-16)12-9(18)11-7(17)10(2,3)4/h5-6H2,1-4H3,(H2,11,12,13,15,17,18). The number of aryl methyl sites for hydroxylation is 1. The molecule has 100 valence electrons. The van der Waals surface area contributed by atoms with Crippen molar-refractivity contribution in [1.82, 2.24) is 25.5 Å². The number of tetrazole rings is 1. The zero-order chi connectivity index (χ0) is 13.8. The Kier molecular flexibility index (Phi) is 4.71. The molecule has 2 N–H and O–H groups in total. The van der Waals surface area contributed by atoms with Crippen molar-refractivity contribution in [3.05, 3.63) is 0 Å². The summed E-state index contributed by atoms with van der Waals surface area (Å²) in [5, 5.41) is 16.8. The smallest absolute Gasteiger partial charge is 0.249 e. The van der Waals surface area contributed by atoms with Crippen molar-refractivity contribution >= 4 is 29.2 Å². The van der Waals surface area contributed by atoms with Gasteiger partial charge in [0.05, 0.1) is 0 Å². The van der Waals surface area contributed by atoms with E-state index in [1.165, 1.54) is 0 Å². The Balaban J connectivity index is 2.60. The molecule has 0 fully saturated rings. The van der Waals surface area contributed by atoms with Gasteiger partial charge in [0.15, 0.2) is 5.11 Å². The molecule has 1 rings (SSSR count). The first-order chi connectivity index (χ1) is 8.34. The summed E-state index contributed by atoms with van der Waals surface area (Å²) in [5.74, 6) is 0.269. The first-order valence-electron chi connectivity index (χ1n) is 5.73. The number of nitrogens with one attached hydrogen (secondary N) is 2. The van der Waals surface area contributed by atoms with E-state index in [1.807, 2.05) is 27.7 Å². The largest absolute Gasteiger partial charge is 0.302 e. The third-order valence-corrected chi connectivity index (χ3v) is 2.31. The van der Waals surface area contributed by atoms with Gasteiger partial charge in [-0.25, -0.2) is 4.68 Å². The maximum atomic E-state index is 11.7. The minimum Gasteiger partial charge on any atom is -0.302 e. The highest BCUT2D eigenvalue weighted by molar-refractivity contribution is 7.80. The van der Waals surface area contributed by atoms with E-state index in [4.69, 9.17) is 12.2 Å². The Bertz CT molecular complexity index is 436. The molecule has 1 aromatic heterocycles. The van der Waals surface area contributed by atoms with Crippen molar-refractivity contribution in [3.63, 3.8) is 0 Å². The lowest BCUT2D eigenvalue weighted by Gasteiger charge is -2.18. The molecule has 0 radical (unpaired) electrons. The normalized spacial score (nSPS) is 11.1. The van der Waals surface area contributed by atoms with Crippen molar-refractivity contribution < 1.29 is 4.79 Å². The van der Waals surface area contributed by atoms with E-state index < -0.39 is 5.41 Å². The summed E-state index contributed by atoms with van der Waals surface area (Å²) in [5.41, 5.74) is -0.499. The highest BCUT2D eigenvalue weighted by atomic mass is 32.1. The monoisotopic (exact) mass is 270 g/mol. The Hall–Kier alpha value is -1.57. The molecule has 0 saturated heterocycles. The van der Waals surface area contributed by atoms with Gasteiger partial charge in [0.1, 0.15) is 0 Å². The maximum absolute atomic E-state index is 11.7. The van der Waals surface area contributed by atoms with Crippen LogP contribution in [0.15, 0.2) is 0 Å². The van der Waals surface area contributed by atoms with Crippen LogP contribution in [0.4, 0.5) is 5.95 Å². The number of aromatic nitrogens is 4. The summed E-state index contributed by atoms with van der Waals surface area (Å²) in [6.07, 6.45) is 0.904. The number of rotatable bonds is 3. The number of carbonyl (C=O) groups excluding carboxylic acids is 1. The van der Waals surface area contributed by atoms with Crippen LogP contribution >= 0.6 is 12.2 Å². The van der Waals surface area contributed by atoms with Crippen LogP contribution < -0.4 is 10.6 Å². The molecule has 1 aromatic rings. The molecule has 0 saturated carbocycles. The van der Waals surface area contributed by atoms with E-state index in [-0.39, 0.29) is 11.0 Å². The van der Waals surface area contributed by atoms with Crippen LogP contribution in [0.5, 0.6) is 0 Å². The molecule has 0 aliphatic carbocycles. The molecular formula is C10H18N6OS. The first-order valence-corrected chi connectivity index (χ1v) is 6.14. The molecule has 1 heterocycles. The van der Waals surface area contributed by atoms with Gasteiger partial charge in [-0.2, -0.15) is 0 Å². The number of anilines is 1. The van der Waals surface area contributed by atoms with Gasteiger partial charge in [0, 0.05) is 12.0 Å². The van der Waals surface area contributed by atoms with Crippen LogP contribution in [-0.4, -0.2) is 31.2 Å². The average molecular weight is 270 g/mol. The van der Waals surface area contributed by atoms with Crippen LogP contribution in [0.25, 0.3) is 0 Å². The van der Waals surface area contributed by atoms with Crippen LogP contribution in [0.3, 0.4) is 0 Å². The van der Waals surface area contributed by atoms with Crippen molar-refractivity contribution in [3.8, 4) is 0 Å². The van der Waals surface area contributed by atoms with E-state index >= 15 is 0 Å². The molecule has 0 atom stereocenters. The molecule has 7 nitrogen and oxygen atoms in total. The zero-order valence-electron chi connectivity index (χ0n) is 11.0. The molecule has 18 heavy (non-hydrogen) atoms. The summed E-state index contributed by atoms with van der Waals surface area (Å²) in [7, 11) is 0. The van der Waals surface area contributed by atoms with E-state index in [0.29, 0.717) is 12.5 Å². The van der Waals surface area contributed by atoms with Gasteiger partial charge >= 0.3 is 0 Å². The Morgan fingerprint density at radius 3 is 2.67 bits per heavy atom. The number of nitrogens with zero attached hydrogens (tertiary/aromatic N) is 4. The lowest BCUT2D eigenvalue weighted by Crippen LogP contribution is -2.41. The summed E-state index contributed by atoms with van der Waals surface area (Å²) in [6, 6.07) is 0. The lowest BCUT2D eigenvalue weighted by atomic mass is 9.96. The molecule has 0 aromatic carbocycles. The maximum Gasteiger partial charge on any atom is 0.249 e. The minimum atomic E-state index is -0.499. The minimum absolute atomic E-state index is 0.158. The van der Waals surface area contributed by atoms with E-state index in [9.17, 15) is 4.79 Å². The molecule has 1 amide bonds. The van der Waals surface area contributed by atoms with Gasteiger partial charge in [-0.1, -0.05) is 32.8 Å².